The molecule has 16 heavy (non-hydrogen) atoms. The van der Waals surface area contributed by atoms with Crippen LogP contribution in [-0.4, -0.2) is 9.55 Å². The summed E-state index contributed by atoms with van der Waals surface area (Å²) in [6.07, 6.45) is 1.86. The second-order valence-corrected chi connectivity index (χ2v) is 4.85. The van der Waals surface area contributed by atoms with Crippen molar-refractivity contribution in [3.8, 4) is 0 Å². The molecule has 0 saturated heterocycles. The number of benzene rings is 1. The van der Waals surface area contributed by atoms with Gasteiger partial charge in [-0.2, -0.15) is 0 Å². The molecule has 0 bridgehead atoms. The van der Waals surface area contributed by atoms with Gasteiger partial charge >= 0.3 is 0 Å². The van der Waals surface area contributed by atoms with Crippen molar-refractivity contribution < 1.29 is 0 Å². The molecule has 1 heterocycles. The van der Waals surface area contributed by atoms with Gasteiger partial charge in [-0.05, 0) is 37.6 Å². The number of nitrogen functional groups attached to an aromatic ring is 1. The lowest BCUT2D eigenvalue weighted by Gasteiger charge is -2.07. The molecule has 0 unspecified atom stereocenters. The lowest BCUT2D eigenvalue weighted by atomic mass is 10.2. The Kier molecular flexibility index (Phi) is 3.01. The van der Waals surface area contributed by atoms with Gasteiger partial charge in [-0.3, -0.25) is 0 Å². The Morgan fingerprint density at radius 1 is 1.31 bits per heavy atom. The van der Waals surface area contributed by atoms with E-state index < -0.39 is 0 Å². The summed E-state index contributed by atoms with van der Waals surface area (Å²) >= 11 is 3.45. The second kappa shape index (κ2) is 4.29. The number of anilines is 1. The predicted molar refractivity (Wildman–Crippen MR) is 69.4 cm³/mol. The molecule has 84 valence electrons. The number of hydrogen-bond donors (Lipinski definition) is 1. The smallest absolute Gasteiger partial charge is 0.0954 e. The van der Waals surface area contributed by atoms with Crippen LogP contribution in [0.3, 0.4) is 0 Å². The van der Waals surface area contributed by atoms with Gasteiger partial charge in [0.2, 0.25) is 0 Å². The number of nitrogens with zero attached hydrogens (tertiary/aromatic N) is 2. The van der Waals surface area contributed by atoms with Gasteiger partial charge in [0.1, 0.15) is 0 Å². The molecule has 2 rings (SSSR count). The SMILES string of the molecule is Cc1ncn(Cc2cc(N)cc(Br)c2)c1C. The maximum absolute atomic E-state index is 5.80. The highest BCUT2D eigenvalue weighted by atomic mass is 79.9. The largest absolute Gasteiger partial charge is 0.399 e. The topological polar surface area (TPSA) is 43.8 Å². The number of imidazole rings is 1. The third kappa shape index (κ3) is 2.27. The minimum Gasteiger partial charge on any atom is -0.399 e. The van der Waals surface area contributed by atoms with Gasteiger partial charge in [0.25, 0.3) is 0 Å². The van der Waals surface area contributed by atoms with E-state index >= 15 is 0 Å². The van der Waals surface area contributed by atoms with Crippen molar-refractivity contribution >= 4 is 21.6 Å². The van der Waals surface area contributed by atoms with Crippen LogP contribution in [0.5, 0.6) is 0 Å². The van der Waals surface area contributed by atoms with Crippen molar-refractivity contribution in [3.05, 3.63) is 46.0 Å². The first-order valence-corrected chi connectivity index (χ1v) is 5.89. The van der Waals surface area contributed by atoms with Crippen LogP contribution in [0.4, 0.5) is 5.69 Å². The van der Waals surface area contributed by atoms with E-state index in [2.05, 4.69) is 38.5 Å². The highest BCUT2D eigenvalue weighted by Gasteiger charge is 2.03. The minimum absolute atomic E-state index is 0.777. The first kappa shape index (κ1) is 11.2. The van der Waals surface area contributed by atoms with Crippen LogP contribution in [0.1, 0.15) is 17.0 Å². The van der Waals surface area contributed by atoms with Crippen LogP contribution in [0.25, 0.3) is 0 Å². The van der Waals surface area contributed by atoms with Gasteiger partial charge in [0.05, 0.1) is 12.0 Å². The van der Waals surface area contributed by atoms with Gasteiger partial charge in [0, 0.05) is 22.4 Å². The van der Waals surface area contributed by atoms with E-state index in [1.807, 2.05) is 25.4 Å². The van der Waals surface area contributed by atoms with Crippen LogP contribution < -0.4 is 5.73 Å². The first-order valence-electron chi connectivity index (χ1n) is 5.09. The normalized spacial score (nSPS) is 10.7. The zero-order valence-electron chi connectivity index (χ0n) is 9.37. The van der Waals surface area contributed by atoms with E-state index in [0.29, 0.717) is 0 Å². The van der Waals surface area contributed by atoms with Crippen molar-refractivity contribution in [3.63, 3.8) is 0 Å². The zero-order valence-corrected chi connectivity index (χ0v) is 11.0. The van der Waals surface area contributed by atoms with Crippen LogP contribution >= 0.6 is 15.9 Å². The summed E-state index contributed by atoms with van der Waals surface area (Å²) in [5.41, 5.74) is 10.0. The zero-order chi connectivity index (χ0) is 11.7. The summed E-state index contributed by atoms with van der Waals surface area (Å²) in [6.45, 7) is 4.89. The van der Waals surface area contributed by atoms with Crippen LogP contribution in [0.15, 0.2) is 29.0 Å². The van der Waals surface area contributed by atoms with Crippen molar-refractivity contribution in [1.82, 2.24) is 9.55 Å². The number of nitrogens with two attached hydrogens (primary N) is 1. The van der Waals surface area contributed by atoms with Crippen LogP contribution in [-0.2, 0) is 6.54 Å². The molecule has 0 radical (unpaired) electrons. The molecule has 0 spiro atoms. The van der Waals surface area contributed by atoms with Gasteiger partial charge < -0.3 is 10.3 Å². The Morgan fingerprint density at radius 3 is 2.62 bits per heavy atom. The lowest BCUT2D eigenvalue weighted by Crippen LogP contribution is -2.01. The molecule has 4 heteroatoms. The predicted octanol–water partition coefficient (Wildman–Crippen LogP) is 2.89. The number of aryl methyl sites for hydroxylation is 1. The summed E-state index contributed by atoms with van der Waals surface area (Å²) in [6, 6.07) is 5.96. The average molecular weight is 280 g/mol. The Hall–Kier alpha value is -1.29. The maximum atomic E-state index is 5.80. The minimum atomic E-state index is 0.777. The highest BCUT2D eigenvalue weighted by molar-refractivity contribution is 9.10. The summed E-state index contributed by atoms with van der Waals surface area (Å²) in [5.74, 6) is 0. The van der Waals surface area contributed by atoms with Gasteiger partial charge in [0.15, 0.2) is 0 Å². The van der Waals surface area contributed by atoms with Gasteiger partial charge in [-0.25, -0.2) is 4.98 Å². The number of hydrogen-bond acceptors (Lipinski definition) is 2. The first-order chi connectivity index (χ1) is 7.56. The third-order valence-electron chi connectivity index (χ3n) is 2.68. The van der Waals surface area contributed by atoms with Crippen molar-refractivity contribution in [2.75, 3.05) is 5.73 Å². The van der Waals surface area contributed by atoms with Gasteiger partial charge in [-0.1, -0.05) is 15.9 Å². The number of rotatable bonds is 2. The monoisotopic (exact) mass is 279 g/mol. The molecule has 3 nitrogen and oxygen atoms in total. The fourth-order valence-corrected chi connectivity index (χ4v) is 2.23. The Labute approximate surface area is 103 Å². The maximum Gasteiger partial charge on any atom is 0.0954 e. The number of halogens is 1. The summed E-state index contributed by atoms with van der Waals surface area (Å²) in [4.78, 5) is 4.28. The molecule has 0 amide bonds. The van der Waals surface area contributed by atoms with E-state index in [-0.39, 0.29) is 0 Å². The van der Waals surface area contributed by atoms with Crippen molar-refractivity contribution in [1.29, 1.82) is 0 Å². The van der Waals surface area contributed by atoms with E-state index in [1.165, 1.54) is 11.3 Å². The van der Waals surface area contributed by atoms with E-state index in [9.17, 15) is 0 Å². The van der Waals surface area contributed by atoms with Crippen molar-refractivity contribution in [2.45, 2.75) is 20.4 Å². The van der Waals surface area contributed by atoms with Crippen molar-refractivity contribution in [2.24, 2.45) is 0 Å². The van der Waals surface area contributed by atoms with Crippen LogP contribution in [0, 0.1) is 13.8 Å². The standard InChI is InChI=1S/C12H14BrN3/c1-8-9(2)16(7-15-8)6-10-3-11(13)5-12(14)4-10/h3-5,7H,6,14H2,1-2H3. The third-order valence-corrected chi connectivity index (χ3v) is 3.14. The van der Waals surface area contributed by atoms with Gasteiger partial charge in [-0.15, -0.1) is 0 Å². The molecule has 0 fully saturated rings. The molecule has 0 aliphatic rings. The molecule has 1 aromatic heterocycles. The molecular formula is C12H14BrN3. The molecule has 0 aliphatic heterocycles. The molecule has 0 aliphatic carbocycles. The average Bonchev–Trinajstić information content (AvgIpc) is 2.48. The molecule has 0 atom stereocenters. The molecule has 2 aromatic rings. The lowest BCUT2D eigenvalue weighted by molar-refractivity contribution is 0.768. The molecule has 0 saturated carbocycles. The Bertz CT molecular complexity index is 497. The van der Waals surface area contributed by atoms with E-state index in [0.717, 1.165) is 22.4 Å². The van der Waals surface area contributed by atoms with E-state index in [4.69, 9.17) is 5.73 Å². The fraction of sp³-hybridized carbons (Fsp3) is 0.250. The fourth-order valence-electron chi connectivity index (χ4n) is 1.67. The molecular weight excluding hydrogens is 266 g/mol. The Balaban J connectivity index is 2.30. The Morgan fingerprint density at radius 2 is 2.06 bits per heavy atom. The van der Waals surface area contributed by atoms with E-state index in [1.54, 1.807) is 0 Å². The molecule has 1 aromatic carbocycles. The number of aromatic nitrogens is 2. The molecule has 2 N–H and O–H groups in total. The summed E-state index contributed by atoms with van der Waals surface area (Å²) in [7, 11) is 0. The summed E-state index contributed by atoms with van der Waals surface area (Å²) in [5, 5.41) is 0. The second-order valence-electron chi connectivity index (χ2n) is 3.94. The summed E-state index contributed by atoms with van der Waals surface area (Å²) < 4.78 is 3.13. The van der Waals surface area contributed by atoms with Crippen LogP contribution in [0.2, 0.25) is 0 Å². The quantitative estimate of drug-likeness (QED) is 0.860. The highest BCUT2D eigenvalue weighted by Crippen LogP contribution is 2.18.